The lowest BCUT2D eigenvalue weighted by Gasteiger charge is -2.26. The summed E-state index contributed by atoms with van der Waals surface area (Å²) >= 11 is 0. The number of benzene rings is 1. The van der Waals surface area contributed by atoms with Crippen LogP contribution in [-0.4, -0.2) is 42.9 Å². The number of aliphatic imine (C=N–C) groups is 1. The molecular formula is C22H37IN4O. The molecule has 1 amide bonds. The predicted octanol–water partition coefficient (Wildman–Crippen LogP) is 4.56. The van der Waals surface area contributed by atoms with Gasteiger partial charge in [0.05, 0.1) is 0 Å². The van der Waals surface area contributed by atoms with Crippen molar-refractivity contribution in [3.05, 3.63) is 35.4 Å². The summed E-state index contributed by atoms with van der Waals surface area (Å²) in [6, 6.07) is 8.35. The molecule has 158 valence electrons. The van der Waals surface area contributed by atoms with E-state index in [2.05, 4.69) is 29.5 Å². The number of guanidine groups is 1. The van der Waals surface area contributed by atoms with E-state index in [4.69, 9.17) is 0 Å². The van der Waals surface area contributed by atoms with Crippen molar-refractivity contribution in [2.75, 3.05) is 20.1 Å². The maximum absolute atomic E-state index is 12.5. The maximum Gasteiger partial charge on any atom is 0.253 e. The zero-order valence-electron chi connectivity index (χ0n) is 17.7. The van der Waals surface area contributed by atoms with Crippen LogP contribution >= 0.6 is 24.0 Å². The standard InChI is InChI=1S/C22H36N4O.HI/c1-4-5-7-10-18(2)25-22(23-3)24-17-19-11-13-20(14-12-19)21(27)26-15-8-6-9-16-26;/h11-14,18H,4-10,15-17H2,1-3H3,(H2,23,24,25);1H. The Balaban J connectivity index is 0.00000392. The second kappa shape index (κ2) is 13.8. The molecule has 2 rings (SSSR count). The molecule has 28 heavy (non-hydrogen) atoms. The van der Waals surface area contributed by atoms with Crippen LogP contribution in [0.5, 0.6) is 0 Å². The van der Waals surface area contributed by atoms with Crippen molar-refractivity contribution < 1.29 is 4.79 Å². The Morgan fingerprint density at radius 3 is 2.43 bits per heavy atom. The van der Waals surface area contributed by atoms with Gasteiger partial charge < -0.3 is 15.5 Å². The number of carbonyl (C=O) groups excluding carboxylic acids is 1. The van der Waals surface area contributed by atoms with Crippen molar-refractivity contribution in [3.8, 4) is 0 Å². The number of carbonyl (C=O) groups is 1. The zero-order valence-corrected chi connectivity index (χ0v) is 20.0. The summed E-state index contributed by atoms with van der Waals surface area (Å²) in [7, 11) is 1.80. The van der Waals surface area contributed by atoms with E-state index in [-0.39, 0.29) is 29.9 Å². The van der Waals surface area contributed by atoms with Gasteiger partial charge >= 0.3 is 0 Å². The normalized spacial score (nSPS) is 15.5. The minimum Gasteiger partial charge on any atom is -0.354 e. The maximum atomic E-state index is 12.5. The summed E-state index contributed by atoms with van der Waals surface area (Å²) in [5.41, 5.74) is 1.93. The molecule has 0 radical (unpaired) electrons. The average molecular weight is 500 g/mol. The van der Waals surface area contributed by atoms with Gasteiger partial charge in [0.1, 0.15) is 0 Å². The Labute approximate surface area is 187 Å². The van der Waals surface area contributed by atoms with E-state index in [0.29, 0.717) is 12.6 Å². The second-order valence-corrected chi connectivity index (χ2v) is 7.52. The number of piperidine rings is 1. The first-order valence-corrected chi connectivity index (χ1v) is 10.5. The third-order valence-corrected chi connectivity index (χ3v) is 5.15. The zero-order chi connectivity index (χ0) is 19.5. The van der Waals surface area contributed by atoms with Crippen LogP contribution in [0.3, 0.4) is 0 Å². The molecular weight excluding hydrogens is 463 g/mol. The van der Waals surface area contributed by atoms with E-state index in [1.807, 2.05) is 29.2 Å². The fourth-order valence-electron chi connectivity index (χ4n) is 3.43. The molecule has 5 nitrogen and oxygen atoms in total. The first kappa shape index (κ1) is 24.7. The van der Waals surface area contributed by atoms with Gasteiger partial charge in [0.2, 0.25) is 0 Å². The fourth-order valence-corrected chi connectivity index (χ4v) is 3.43. The minimum absolute atomic E-state index is 0. The summed E-state index contributed by atoms with van der Waals surface area (Å²) in [6.07, 6.45) is 8.40. The quantitative estimate of drug-likeness (QED) is 0.238. The average Bonchev–Trinajstić information content (AvgIpc) is 2.71. The van der Waals surface area contributed by atoms with Crippen LogP contribution in [0.2, 0.25) is 0 Å². The van der Waals surface area contributed by atoms with Gasteiger partial charge in [0.15, 0.2) is 5.96 Å². The largest absolute Gasteiger partial charge is 0.354 e. The van der Waals surface area contributed by atoms with Gasteiger partial charge in [0.25, 0.3) is 5.91 Å². The summed E-state index contributed by atoms with van der Waals surface area (Å²) in [5.74, 6) is 0.986. The van der Waals surface area contributed by atoms with Crippen LogP contribution in [-0.2, 0) is 6.54 Å². The van der Waals surface area contributed by atoms with Crippen molar-refractivity contribution in [2.45, 2.75) is 71.4 Å². The number of unbranched alkanes of at least 4 members (excludes halogenated alkanes) is 2. The molecule has 1 aliphatic heterocycles. The molecule has 0 saturated carbocycles. The molecule has 1 aromatic rings. The van der Waals surface area contributed by atoms with Crippen molar-refractivity contribution in [1.29, 1.82) is 0 Å². The fraction of sp³-hybridized carbons (Fsp3) is 0.636. The predicted molar refractivity (Wildman–Crippen MR) is 129 cm³/mol. The first-order valence-electron chi connectivity index (χ1n) is 10.5. The number of amides is 1. The van der Waals surface area contributed by atoms with Gasteiger partial charge in [-0.3, -0.25) is 9.79 Å². The van der Waals surface area contributed by atoms with E-state index in [1.165, 1.54) is 25.7 Å². The van der Waals surface area contributed by atoms with Crippen molar-refractivity contribution in [3.63, 3.8) is 0 Å². The molecule has 1 heterocycles. The molecule has 0 bridgehead atoms. The Morgan fingerprint density at radius 1 is 1.14 bits per heavy atom. The SMILES string of the molecule is CCCCCC(C)NC(=NC)NCc1ccc(C(=O)N2CCCCC2)cc1.I. The lowest BCUT2D eigenvalue weighted by molar-refractivity contribution is 0.0724. The van der Waals surface area contributed by atoms with Crippen LogP contribution in [0.4, 0.5) is 0 Å². The molecule has 6 heteroatoms. The van der Waals surface area contributed by atoms with Gasteiger partial charge in [-0.1, -0.05) is 38.3 Å². The van der Waals surface area contributed by atoms with Crippen LogP contribution in [0, 0.1) is 0 Å². The van der Waals surface area contributed by atoms with E-state index in [1.54, 1.807) is 7.05 Å². The highest BCUT2D eigenvalue weighted by Crippen LogP contribution is 2.14. The van der Waals surface area contributed by atoms with Crippen LogP contribution in [0.1, 0.15) is 74.7 Å². The van der Waals surface area contributed by atoms with Crippen LogP contribution < -0.4 is 10.6 Å². The highest BCUT2D eigenvalue weighted by atomic mass is 127. The number of nitrogens with zero attached hydrogens (tertiary/aromatic N) is 2. The molecule has 0 spiro atoms. The molecule has 1 fully saturated rings. The Hall–Kier alpha value is -1.31. The number of nitrogens with one attached hydrogen (secondary N) is 2. The third-order valence-electron chi connectivity index (χ3n) is 5.15. The van der Waals surface area contributed by atoms with Crippen molar-refractivity contribution >= 4 is 35.8 Å². The Morgan fingerprint density at radius 2 is 1.82 bits per heavy atom. The van der Waals surface area contributed by atoms with E-state index >= 15 is 0 Å². The smallest absolute Gasteiger partial charge is 0.253 e. The van der Waals surface area contributed by atoms with E-state index in [9.17, 15) is 4.79 Å². The second-order valence-electron chi connectivity index (χ2n) is 7.52. The van der Waals surface area contributed by atoms with Crippen molar-refractivity contribution in [1.82, 2.24) is 15.5 Å². The molecule has 0 aliphatic carbocycles. The Kier molecular flexibility index (Phi) is 12.2. The molecule has 1 unspecified atom stereocenters. The molecule has 1 saturated heterocycles. The van der Waals surface area contributed by atoms with Gasteiger partial charge in [-0.25, -0.2) is 0 Å². The lowest BCUT2D eigenvalue weighted by Crippen LogP contribution is -2.41. The summed E-state index contributed by atoms with van der Waals surface area (Å²) in [6.45, 7) is 6.90. The van der Waals surface area contributed by atoms with Crippen LogP contribution in [0.15, 0.2) is 29.3 Å². The topological polar surface area (TPSA) is 56.7 Å². The monoisotopic (exact) mass is 500 g/mol. The third kappa shape index (κ3) is 8.37. The first-order chi connectivity index (χ1) is 13.1. The van der Waals surface area contributed by atoms with E-state index in [0.717, 1.165) is 49.4 Å². The highest BCUT2D eigenvalue weighted by molar-refractivity contribution is 14.0. The molecule has 0 aromatic heterocycles. The van der Waals surface area contributed by atoms with Gasteiger partial charge in [-0.15, -0.1) is 24.0 Å². The molecule has 1 atom stereocenters. The lowest BCUT2D eigenvalue weighted by atomic mass is 10.1. The number of hydrogen-bond acceptors (Lipinski definition) is 2. The number of rotatable bonds is 8. The van der Waals surface area contributed by atoms with Gasteiger partial charge in [-0.05, 0) is 50.3 Å². The summed E-state index contributed by atoms with van der Waals surface area (Å²) in [4.78, 5) is 18.8. The Bertz CT molecular complexity index is 597. The van der Waals surface area contributed by atoms with Gasteiger partial charge in [-0.2, -0.15) is 0 Å². The number of halogens is 1. The summed E-state index contributed by atoms with van der Waals surface area (Å²) in [5, 5.41) is 6.81. The molecule has 1 aliphatic rings. The summed E-state index contributed by atoms with van der Waals surface area (Å²) < 4.78 is 0. The van der Waals surface area contributed by atoms with Crippen LogP contribution in [0.25, 0.3) is 0 Å². The minimum atomic E-state index is 0. The number of likely N-dealkylation sites (tertiary alicyclic amines) is 1. The number of hydrogen-bond donors (Lipinski definition) is 2. The highest BCUT2D eigenvalue weighted by Gasteiger charge is 2.17. The van der Waals surface area contributed by atoms with Gasteiger partial charge in [0, 0.05) is 38.3 Å². The molecule has 1 aromatic carbocycles. The molecule has 2 N–H and O–H groups in total. The van der Waals surface area contributed by atoms with E-state index < -0.39 is 0 Å². The van der Waals surface area contributed by atoms with Crippen molar-refractivity contribution in [2.24, 2.45) is 4.99 Å².